The molecule has 0 aliphatic carbocycles. The summed E-state index contributed by atoms with van der Waals surface area (Å²) in [5, 5.41) is 11.2. The van der Waals surface area contributed by atoms with Crippen molar-refractivity contribution in [1.29, 1.82) is 0 Å². The predicted molar refractivity (Wildman–Crippen MR) is 93.6 cm³/mol. The summed E-state index contributed by atoms with van der Waals surface area (Å²) in [6.07, 6.45) is 1.75. The van der Waals surface area contributed by atoms with E-state index in [2.05, 4.69) is 27.0 Å². The summed E-state index contributed by atoms with van der Waals surface area (Å²) in [4.78, 5) is 9.33. The van der Waals surface area contributed by atoms with Crippen LogP contribution in [-0.4, -0.2) is 32.1 Å². The molecule has 2 aliphatic rings. The van der Waals surface area contributed by atoms with Crippen LogP contribution < -0.4 is 0 Å². The monoisotopic (exact) mass is 377 g/mol. The van der Waals surface area contributed by atoms with Gasteiger partial charge in [-0.05, 0) is 31.2 Å². The molecule has 4 nitrogen and oxygen atoms in total. The number of halogens is 3. The largest absolute Gasteiger partial charge is 0.451 e. The van der Waals surface area contributed by atoms with Gasteiger partial charge in [-0.2, -0.15) is 13.2 Å². The minimum absolute atomic E-state index is 0.199. The molecule has 2 saturated heterocycles. The van der Waals surface area contributed by atoms with Crippen LogP contribution in [0.25, 0.3) is 0 Å². The fourth-order valence-corrected chi connectivity index (χ4v) is 4.52. The van der Waals surface area contributed by atoms with Gasteiger partial charge >= 0.3 is 6.18 Å². The molecule has 3 heterocycles. The molecule has 2 atom stereocenters. The highest BCUT2D eigenvalue weighted by atomic mass is 19.4. The number of fused-ring (bicyclic) bond motifs is 2. The van der Waals surface area contributed by atoms with Gasteiger partial charge in [0.05, 0.1) is 5.60 Å². The van der Waals surface area contributed by atoms with Crippen LogP contribution in [-0.2, 0) is 18.3 Å². The summed E-state index contributed by atoms with van der Waals surface area (Å²) >= 11 is 0. The fraction of sp³-hybridized carbons (Fsp3) is 0.500. The lowest BCUT2D eigenvalue weighted by atomic mass is 9.73. The van der Waals surface area contributed by atoms with Crippen molar-refractivity contribution in [3.8, 4) is 0 Å². The average molecular weight is 377 g/mol. The molecule has 1 aromatic heterocycles. The maximum Gasteiger partial charge on any atom is 0.451 e. The van der Waals surface area contributed by atoms with E-state index in [0.29, 0.717) is 18.4 Å². The number of benzene rings is 1. The van der Waals surface area contributed by atoms with Crippen molar-refractivity contribution in [2.75, 3.05) is 0 Å². The minimum atomic E-state index is -4.57. The molecule has 144 valence electrons. The van der Waals surface area contributed by atoms with E-state index in [1.54, 1.807) is 0 Å². The van der Waals surface area contributed by atoms with E-state index in [4.69, 9.17) is 0 Å². The van der Waals surface area contributed by atoms with E-state index in [1.807, 2.05) is 18.2 Å². The molecule has 0 amide bonds. The van der Waals surface area contributed by atoms with Crippen LogP contribution in [0, 0.1) is 0 Å². The van der Waals surface area contributed by atoms with Crippen molar-refractivity contribution in [3.63, 3.8) is 0 Å². The highest BCUT2D eigenvalue weighted by Gasteiger charge is 2.47. The maximum atomic E-state index is 12.7. The molecule has 1 N–H and O–H groups in total. The Kier molecular flexibility index (Phi) is 4.68. The highest BCUT2D eigenvalue weighted by molar-refractivity contribution is 5.21. The third-order valence-electron chi connectivity index (χ3n) is 5.81. The van der Waals surface area contributed by atoms with Crippen LogP contribution in [0.5, 0.6) is 0 Å². The standard InChI is InChI=1S/C20H22F3N3O/c21-20(22,23)18-24-11-15(12-25-18)19(27)9-16-7-4-8-17(10-19)26(16)13-14-5-2-1-3-6-14/h1-3,5-6,11-12,16-17,27H,4,7-10,13H2. The molecule has 0 spiro atoms. The molecule has 0 saturated carbocycles. The molecular formula is C20H22F3N3O. The number of aliphatic hydroxyl groups is 1. The zero-order chi connectivity index (χ0) is 19.1. The van der Waals surface area contributed by atoms with Crippen LogP contribution >= 0.6 is 0 Å². The quantitative estimate of drug-likeness (QED) is 0.881. The van der Waals surface area contributed by atoms with Gasteiger partial charge < -0.3 is 5.11 Å². The van der Waals surface area contributed by atoms with Gasteiger partial charge in [-0.15, -0.1) is 0 Å². The predicted octanol–water partition coefficient (Wildman–Crippen LogP) is 3.90. The first kappa shape index (κ1) is 18.4. The second-order valence-corrected chi connectivity index (χ2v) is 7.63. The lowest BCUT2D eigenvalue weighted by Gasteiger charge is -2.52. The first-order valence-corrected chi connectivity index (χ1v) is 9.27. The lowest BCUT2D eigenvalue weighted by molar-refractivity contribution is -0.145. The van der Waals surface area contributed by atoms with Crippen LogP contribution in [0.2, 0.25) is 0 Å². The molecule has 0 radical (unpaired) electrons. The van der Waals surface area contributed by atoms with Crippen molar-refractivity contribution in [3.05, 3.63) is 59.7 Å². The summed E-state index contributed by atoms with van der Waals surface area (Å²) in [6.45, 7) is 0.829. The Balaban J connectivity index is 1.55. The van der Waals surface area contributed by atoms with Crippen molar-refractivity contribution < 1.29 is 18.3 Å². The van der Waals surface area contributed by atoms with Gasteiger partial charge in [-0.3, -0.25) is 4.90 Å². The van der Waals surface area contributed by atoms with Crippen molar-refractivity contribution in [2.24, 2.45) is 0 Å². The number of piperidine rings is 2. The summed E-state index contributed by atoms with van der Waals surface area (Å²) in [6, 6.07) is 10.6. The Bertz CT molecular complexity index is 765. The Morgan fingerprint density at radius 2 is 1.63 bits per heavy atom. The van der Waals surface area contributed by atoms with Gasteiger partial charge in [0, 0.05) is 36.6 Å². The van der Waals surface area contributed by atoms with E-state index in [-0.39, 0.29) is 12.1 Å². The molecule has 1 aromatic carbocycles. The van der Waals surface area contributed by atoms with Crippen molar-refractivity contribution in [1.82, 2.24) is 14.9 Å². The van der Waals surface area contributed by atoms with Gasteiger partial charge in [0.2, 0.25) is 5.82 Å². The van der Waals surface area contributed by atoms with Gasteiger partial charge in [0.25, 0.3) is 0 Å². The Morgan fingerprint density at radius 3 is 2.19 bits per heavy atom. The van der Waals surface area contributed by atoms with Crippen LogP contribution in [0.1, 0.15) is 49.1 Å². The molecule has 4 rings (SSSR count). The number of rotatable bonds is 3. The summed E-state index contributed by atoms with van der Waals surface area (Å²) in [7, 11) is 0. The van der Waals surface area contributed by atoms with Gasteiger partial charge in [0.1, 0.15) is 0 Å². The third-order valence-corrected chi connectivity index (χ3v) is 5.81. The van der Waals surface area contributed by atoms with Gasteiger partial charge in [-0.1, -0.05) is 36.8 Å². The number of hydrogen-bond acceptors (Lipinski definition) is 4. The fourth-order valence-electron chi connectivity index (χ4n) is 4.52. The second kappa shape index (κ2) is 6.87. The van der Waals surface area contributed by atoms with Crippen molar-refractivity contribution in [2.45, 2.75) is 62.5 Å². The molecule has 2 aliphatic heterocycles. The molecule has 2 aromatic rings. The van der Waals surface area contributed by atoms with Crippen LogP contribution in [0.15, 0.2) is 42.7 Å². The van der Waals surface area contributed by atoms with Crippen LogP contribution in [0.3, 0.4) is 0 Å². The summed E-state index contributed by atoms with van der Waals surface area (Å²) < 4.78 is 38.1. The molecule has 2 fully saturated rings. The Morgan fingerprint density at radius 1 is 1.04 bits per heavy atom. The summed E-state index contributed by atoms with van der Waals surface area (Å²) in [5.74, 6) is -1.17. The summed E-state index contributed by atoms with van der Waals surface area (Å²) in [5.41, 5.74) is 0.442. The van der Waals surface area contributed by atoms with E-state index in [0.717, 1.165) is 38.2 Å². The first-order chi connectivity index (χ1) is 12.9. The van der Waals surface area contributed by atoms with E-state index in [9.17, 15) is 18.3 Å². The molecule has 2 unspecified atom stereocenters. The number of hydrogen-bond donors (Lipinski definition) is 1. The zero-order valence-electron chi connectivity index (χ0n) is 14.9. The van der Waals surface area contributed by atoms with Gasteiger partial charge in [0.15, 0.2) is 0 Å². The SMILES string of the molecule is OC1(c2cnc(C(F)(F)F)nc2)CC2CCCC(C1)N2Cc1ccccc1. The minimum Gasteiger partial charge on any atom is -0.385 e. The third kappa shape index (κ3) is 3.71. The molecule has 2 bridgehead atoms. The van der Waals surface area contributed by atoms with Crippen LogP contribution in [0.4, 0.5) is 13.2 Å². The number of alkyl halides is 3. The van der Waals surface area contributed by atoms with E-state index in [1.165, 1.54) is 5.56 Å². The number of aromatic nitrogens is 2. The molecule has 7 heteroatoms. The average Bonchev–Trinajstić information content (AvgIpc) is 2.63. The van der Waals surface area contributed by atoms with Gasteiger partial charge in [-0.25, -0.2) is 9.97 Å². The second-order valence-electron chi connectivity index (χ2n) is 7.63. The molecule has 27 heavy (non-hydrogen) atoms. The maximum absolute atomic E-state index is 12.7. The highest BCUT2D eigenvalue weighted by Crippen LogP contribution is 2.44. The number of nitrogens with zero attached hydrogens (tertiary/aromatic N) is 3. The lowest BCUT2D eigenvalue weighted by Crippen LogP contribution is -2.56. The smallest absolute Gasteiger partial charge is 0.385 e. The van der Waals surface area contributed by atoms with E-state index < -0.39 is 17.6 Å². The molecular weight excluding hydrogens is 355 g/mol. The van der Waals surface area contributed by atoms with Crippen molar-refractivity contribution >= 4 is 0 Å². The van der Waals surface area contributed by atoms with E-state index >= 15 is 0 Å². The zero-order valence-corrected chi connectivity index (χ0v) is 14.9. The Hall–Kier alpha value is -1.99. The Labute approximate surface area is 156 Å². The normalized spacial score (nSPS) is 28.9. The first-order valence-electron chi connectivity index (χ1n) is 9.27. The topological polar surface area (TPSA) is 49.3 Å².